The number of ether oxygens (including phenoxy) is 1. The first-order chi connectivity index (χ1) is 13.9. The molecule has 1 amide bonds. The highest BCUT2D eigenvalue weighted by atomic mass is 35.5. The summed E-state index contributed by atoms with van der Waals surface area (Å²) in [7, 11) is 0. The number of benzene rings is 1. The van der Waals surface area contributed by atoms with E-state index < -0.39 is 0 Å². The van der Waals surface area contributed by atoms with Crippen molar-refractivity contribution in [3.8, 4) is 5.75 Å². The monoisotopic (exact) mass is 415 g/mol. The Morgan fingerprint density at radius 2 is 1.90 bits per heavy atom. The van der Waals surface area contributed by atoms with Crippen LogP contribution in [0.3, 0.4) is 0 Å². The lowest BCUT2D eigenvalue weighted by Crippen LogP contribution is -2.25. The molecule has 0 saturated heterocycles. The average molecular weight is 416 g/mol. The topological polar surface area (TPSA) is 69.3 Å². The van der Waals surface area contributed by atoms with E-state index in [-0.39, 0.29) is 18.3 Å². The zero-order chi connectivity index (χ0) is 21.0. The van der Waals surface area contributed by atoms with Gasteiger partial charge in [-0.2, -0.15) is 5.10 Å². The molecule has 7 heteroatoms. The molecule has 6 nitrogen and oxygen atoms in total. The second kappa shape index (κ2) is 9.18. The number of hydrogen-bond donors (Lipinski definition) is 1. The molecule has 0 bridgehead atoms. The van der Waals surface area contributed by atoms with Gasteiger partial charge in [-0.25, -0.2) is 0 Å². The lowest BCUT2D eigenvalue weighted by molar-refractivity contribution is 0.0920. The van der Waals surface area contributed by atoms with Crippen LogP contribution >= 0.6 is 11.6 Å². The third-order valence-corrected chi connectivity index (χ3v) is 5.33. The molecular weight excluding hydrogens is 390 g/mol. The first-order valence-corrected chi connectivity index (χ1v) is 10.00. The smallest absolute Gasteiger partial charge is 0.286 e. The maximum atomic E-state index is 12.3. The summed E-state index contributed by atoms with van der Waals surface area (Å²) in [4.78, 5) is 12.3. The molecule has 0 saturated carbocycles. The number of aromatic nitrogens is 2. The van der Waals surface area contributed by atoms with Gasteiger partial charge in [0, 0.05) is 13.1 Å². The van der Waals surface area contributed by atoms with Crippen molar-refractivity contribution in [3.63, 3.8) is 0 Å². The van der Waals surface area contributed by atoms with Gasteiger partial charge in [-0.1, -0.05) is 29.8 Å². The Morgan fingerprint density at radius 1 is 1.17 bits per heavy atom. The summed E-state index contributed by atoms with van der Waals surface area (Å²) in [6, 6.07) is 9.43. The van der Waals surface area contributed by atoms with E-state index in [1.165, 1.54) is 0 Å². The van der Waals surface area contributed by atoms with E-state index in [9.17, 15) is 4.79 Å². The van der Waals surface area contributed by atoms with Crippen molar-refractivity contribution >= 4 is 17.5 Å². The molecular formula is C22H26ClN3O3. The van der Waals surface area contributed by atoms with Crippen LogP contribution in [0, 0.1) is 27.7 Å². The van der Waals surface area contributed by atoms with Crippen LogP contribution in [0.1, 0.15) is 45.3 Å². The van der Waals surface area contributed by atoms with Gasteiger partial charge < -0.3 is 14.5 Å². The summed E-state index contributed by atoms with van der Waals surface area (Å²) in [5, 5.41) is 7.95. The average Bonchev–Trinajstić information content (AvgIpc) is 3.26. The minimum atomic E-state index is -0.241. The van der Waals surface area contributed by atoms with Crippen molar-refractivity contribution in [1.29, 1.82) is 0 Å². The molecule has 3 aromatic rings. The summed E-state index contributed by atoms with van der Waals surface area (Å²) >= 11 is 6.15. The van der Waals surface area contributed by atoms with Crippen molar-refractivity contribution in [2.75, 3.05) is 6.54 Å². The molecule has 0 radical (unpaired) electrons. The van der Waals surface area contributed by atoms with Crippen LogP contribution in [0.4, 0.5) is 0 Å². The number of carbonyl (C=O) groups is 1. The van der Waals surface area contributed by atoms with Crippen molar-refractivity contribution in [1.82, 2.24) is 15.1 Å². The quantitative estimate of drug-likeness (QED) is 0.538. The number of nitrogens with one attached hydrogen (secondary N) is 1. The molecule has 1 aromatic carbocycles. The number of hydrogen-bond acceptors (Lipinski definition) is 4. The molecule has 0 spiro atoms. The fraction of sp³-hybridized carbons (Fsp3) is 0.364. The highest BCUT2D eigenvalue weighted by molar-refractivity contribution is 6.31. The second-order valence-electron chi connectivity index (χ2n) is 7.09. The molecule has 0 fully saturated rings. The van der Waals surface area contributed by atoms with Gasteiger partial charge >= 0.3 is 0 Å². The number of rotatable bonds is 8. The highest BCUT2D eigenvalue weighted by Gasteiger charge is 2.13. The second-order valence-corrected chi connectivity index (χ2v) is 7.47. The molecule has 29 heavy (non-hydrogen) atoms. The van der Waals surface area contributed by atoms with Crippen molar-refractivity contribution in [3.05, 3.63) is 69.4 Å². The first-order valence-electron chi connectivity index (χ1n) is 9.62. The highest BCUT2D eigenvalue weighted by Crippen LogP contribution is 2.24. The molecule has 0 aliphatic rings. The van der Waals surface area contributed by atoms with Gasteiger partial charge in [-0.05, 0) is 57.4 Å². The molecule has 2 aromatic heterocycles. The van der Waals surface area contributed by atoms with E-state index in [4.69, 9.17) is 20.8 Å². The normalized spacial score (nSPS) is 10.9. The van der Waals surface area contributed by atoms with Crippen LogP contribution in [-0.2, 0) is 13.2 Å². The summed E-state index contributed by atoms with van der Waals surface area (Å²) in [5.74, 6) is 1.49. The predicted octanol–water partition coefficient (Wildman–Crippen LogP) is 4.76. The van der Waals surface area contributed by atoms with E-state index in [0.29, 0.717) is 23.9 Å². The van der Waals surface area contributed by atoms with E-state index in [1.54, 1.807) is 12.1 Å². The standard InChI is InChI=1S/C22H26ClN3O3/c1-14-7-5-8-15(2)21(14)28-13-18-9-10-19(29-18)22(27)24-11-6-12-26-17(4)20(23)16(3)25-26/h5,7-10H,6,11-13H2,1-4H3,(H,24,27). The number of para-hydroxylation sites is 1. The number of furan rings is 1. The van der Waals surface area contributed by atoms with Crippen LogP contribution in [0.5, 0.6) is 5.75 Å². The van der Waals surface area contributed by atoms with Crippen molar-refractivity contribution in [2.45, 2.75) is 47.3 Å². The number of amides is 1. The number of halogens is 1. The molecule has 0 aliphatic carbocycles. The summed E-state index contributed by atoms with van der Waals surface area (Å²) in [6.07, 6.45) is 0.743. The Kier molecular flexibility index (Phi) is 6.64. The Bertz CT molecular complexity index is 987. The Labute approximate surface area is 175 Å². The van der Waals surface area contributed by atoms with Gasteiger partial charge in [0.15, 0.2) is 5.76 Å². The van der Waals surface area contributed by atoms with Crippen molar-refractivity contribution in [2.24, 2.45) is 0 Å². The van der Waals surface area contributed by atoms with Crippen LogP contribution in [-0.4, -0.2) is 22.2 Å². The molecule has 3 rings (SSSR count). The maximum absolute atomic E-state index is 12.3. The lowest BCUT2D eigenvalue weighted by Gasteiger charge is -2.10. The fourth-order valence-corrected chi connectivity index (χ4v) is 3.29. The Hall–Kier alpha value is -2.73. The van der Waals surface area contributed by atoms with Gasteiger partial charge in [0.2, 0.25) is 0 Å². The Balaban J connectivity index is 1.47. The minimum absolute atomic E-state index is 0.241. The van der Waals surface area contributed by atoms with Crippen LogP contribution in [0.25, 0.3) is 0 Å². The summed E-state index contributed by atoms with van der Waals surface area (Å²) < 4.78 is 13.4. The zero-order valence-corrected chi connectivity index (χ0v) is 18.0. The fourth-order valence-electron chi connectivity index (χ4n) is 3.16. The summed E-state index contributed by atoms with van der Waals surface area (Å²) in [5.41, 5.74) is 3.89. The maximum Gasteiger partial charge on any atom is 0.286 e. The number of nitrogens with zero attached hydrogens (tertiary/aromatic N) is 2. The van der Waals surface area contributed by atoms with Gasteiger partial charge in [-0.15, -0.1) is 0 Å². The number of carbonyl (C=O) groups excluding carboxylic acids is 1. The largest absolute Gasteiger partial charge is 0.485 e. The van der Waals surface area contributed by atoms with Crippen LogP contribution < -0.4 is 10.1 Å². The molecule has 0 unspecified atom stereocenters. The van der Waals surface area contributed by atoms with Gasteiger partial charge in [-0.3, -0.25) is 9.48 Å². The Morgan fingerprint density at radius 3 is 2.55 bits per heavy atom. The van der Waals surface area contributed by atoms with Crippen molar-refractivity contribution < 1.29 is 13.9 Å². The summed E-state index contributed by atoms with van der Waals surface area (Å²) in [6.45, 7) is 9.30. The lowest BCUT2D eigenvalue weighted by atomic mass is 10.1. The van der Waals surface area contributed by atoms with Gasteiger partial charge in [0.25, 0.3) is 5.91 Å². The van der Waals surface area contributed by atoms with Gasteiger partial charge in [0.05, 0.1) is 16.4 Å². The number of aryl methyl sites for hydroxylation is 4. The molecule has 2 heterocycles. The SMILES string of the molecule is Cc1cccc(C)c1OCc1ccc(C(=O)NCCCn2nc(C)c(Cl)c2C)o1. The molecule has 1 N–H and O–H groups in total. The van der Waals surface area contributed by atoms with Gasteiger partial charge in [0.1, 0.15) is 18.1 Å². The van der Waals surface area contributed by atoms with Crippen LogP contribution in [0.2, 0.25) is 5.02 Å². The molecule has 0 aliphatic heterocycles. The third-order valence-electron chi connectivity index (χ3n) is 4.78. The minimum Gasteiger partial charge on any atom is -0.485 e. The third kappa shape index (κ3) is 5.01. The zero-order valence-electron chi connectivity index (χ0n) is 17.2. The molecule has 0 atom stereocenters. The predicted molar refractivity (Wildman–Crippen MR) is 113 cm³/mol. The van der Waals surface area contributed by atoms with E-state index in [0.717, 1.165) is 34.7 Å². The molecule has 154 valence electrons. The van der Waals surface area contributed by atoms with E-state index in [2.05, 4.69) is 10.4 Å². The van der Waals surface area contributed by atoms with E-state index in [1.807, 2.05) is 50.6 Å². The van der Waals surface area contributed by atoms with E-state index >= 15 is 0 Å². The van der Waals surface area contributed by atoms with Crippen LogP contribution in [0.15, 0.2) is 34.7 Å². The first kappa shape index (κ1) is 21.0.